The van der Waals surface area contributed by atoms with Crippen LogP contribution in [0.5, 0.6) is 0 Å². The van der Waals surface area contributed by atoms with Gasteiger partial charge in [0.25, 0.3) is 0 Å². The lowest BCUT2D eigenvalue weighted by molar-refractivity contribution is 0.566. The Morgan fingerprint density at radius 3 is 2.57 bits per heavy atom. The van der Waals surface area contributed by atoms with Gasteiger partial charge in [0.2, 0.25) is 10.0 Å². The summed E-state index contributed by atoms with van der Waals surface area (Å²) in [6, 6.07) is 7.85. The van der Waals surface area contributed by atoms with Gasteiger partial charge in [0, 0.05) is 25.0 Å². The van der Waals surface area contributed by atoms with E-state index in [0.717, 1.165) is 5.56 Å². The van der Waals surface area contributed by atoms with Crippen molar-refractivity contribution in [2.24, 2.45) is 5.73 Å². The third-order valence-corrected chi connectivity index (χ3v) is 5.08. The van der Waals surface area contributed by atoms with Gasteiger partial charge < -0.3 is 5.73 Å². The maximum absolute atomic E-state index is 12.5. The minimum Gasteiger partial charge on any atom is -0.326 e. The Kier molecular flexibility index (Phi) is 4.95. The van der Waals surface area contributed by atoms with E-state index in [1.165, 1.54) is 12.1 Å². The van der Waals surface area contributed by atoms with E-state index in [9.17, 15) is 8.42 Å². The quantitative estimate of drug-likeness (QED) is 0.882. The number of nitrogens with one attached hydrogen (secondary N) is 1. The summed E-state index contributed by atoms with van der Waals surface area (Å²) >= 11 is 6.00. The number of benzene rings is 1. The number of pyridine rings is 1. The van der Waals surface area contributed by atoms with Gasteiger partial charge in [-0.15, -0.1) is 0 Å². The maximum atomic E-state index is 12.5. The number of hydrogen-bond acceptors (Lipinski definition) is 4. The highest BCUT2D eigenvalue weighted by Crippen LogP contribution is 2.24. The van der Waals surface area contributed by atoms with E-state index in [0.29, 0.717) is 5.56 Å². The number of nitrogens with zero attached hydrogens (tertiary/aromatic N) is 1. The molecule has 2 rings (SSSR count). The number of rotatable bonds is 5. The molecule has 1 heterocycles. The van der Waals surface area contributed by atoms with Gasteiger partial charge in [0.15, 0.2) is 0 Å². The summed E-state index contributed by atoms with van der Waals surface area (Å²) in [7, 11) is -3.73. The second kappa shape index (κ2) is 6.53. The molecule has 0 aliphatic carbocycles. The lowest BCUT2D eigenvalue weighted by Crippen LogP contribution is -2.27. The summed E-state index contributed by atoms with van der Waals surface area (Å²) in [6.07, 6.45) is 3.23. The Labute approximate surface area is 129 Å². The molecule has 7 heteroatoms. The molecule has 112 valence electrons. The largest absolute Gasteiger partial charge is 0.326 e. The Balaban J connectivity index is 2.30. The lowest BCUT2D eigenvalue weighted by atomic mass is 10.1. The second-order valence-electron chi connectivity index (χ2n) is 4.59. The van der Waals surface area contributed by atoms with Gasteiger partial charge in [-0.3, -0.25) is 4.98 Å². The van der Waals surface area contributed by atoms with Crippen molar-refractivity contribution in [1.29, 1.82) is 0 Å². The van der Waals surface area contributed by atoms with Crippen LogP contribution < -0.4 is 10.5 Å². The molecular weight excluding hydrogens is 310 g/mol. The highest BCUT2D eigenvalue weighted by Gasteiger charge is 2.21. The molecule has 1 aromatic heterocycles. The molecule has 0 radical (unpaired) electrons. The molecule has 21 heavy (non-hydrogen) atoms. The van der Waals surface area contributed by atoms with Crippen LogP contribution in [0.15, 0.2) is 47.6 Å². The van der Waals surface area contributed by atoms with E-state index < -0.39 is 16.1 Å². The van der Waals surface area contributed by atoms with Crippen molar-refractivity contribution in [3.63, 3.8) is 0 Å². The van der Waals surface area contributed by atoms with Gasteiger partial charge in [0.1, 0.15) is 4.90 Å². The first-order valence-corrected chi connectivity index (χ1v) is 8.21. The number of nitrogens with two attached hydrogens (primary N) is 1. The Morgan fingerprint density at radius 1 is 1.29 bits per heavy atom. The normalized spacial score (nSPS) is 13.1. The Morgan fingerprint density at radius 2 is 1.95 bits per heavy atom. The van der Waals surface area contributed by atoms with Crippen molar-refractivity contribution < 1.29 is 8.42 Å². The number of hydrogen-bond donors (Lipinski definition) is 2. The van der Waals surface area contributed by atoms with Crippen LogP contribution in [-0.4, -0.2) is 13.4 Å². The Bertz CT molecular complexity index is 720. The van der Waals surface area contributed by atoms with E-state index in [4.69, 9.17) is 17.3 Å². The van der Waals surface area contributed by atoms with E-state index in [2.05, 4.69) is 9.71 Å². The zero-order valence-electron chi connectivity index (χ0n) is 11.5. The molecule has 0 amide bonds. The van der Waals surface area contributed by atoms with Crippen molar-refractivity contribution in [3.8, 4) is 0 Å². The van der Waals surface area contributed by atoms with E-state index in [-0.39, 0.29) is 16.5 Å². The van der Waals surface area contributed by atoms with Crippen LogP contribution in [0, 0.1) is 0 Å². The molecule has 1 atom stereocenters. The molecule has 0 bridgehead atoms. The SMILES string of the molecule is CC(NS(=O)(=O)c1cc(CN)ccc1Cl)c1ccncc1. The fourth-order valence-electron chi connectivity index (χ4n) is 1.90. The minimum atomic E-state index is -3.73. The highest BCUT2D eigenvalue weighted by atomic mass is 35.5. The topological polar surface area (TPSA) is 85.1 Å². The zero-order chi connectivity index (χ0) is 15.5. The molecule has 0 aliphatic heterocycles. The summed E-state index contributed by atoms with van der Waals surface area (Å²) in [6.45, 7) is 2.01. The van der Waals surface area contributed by atoms with Crippen LogP contribution in [0.2, 0.25) is 5.02 Å². The summed E-state index contributed by atoms with van der Waals surface area (Å²) in [5.74, 6) is 0. The molecule has 5 nitrogen and oxygen atoms in total. The zero-order valence-corrected chi connectivity index (χ0v) is 13.0. The van der Waals surface area contributed by atoms with Crippen LogP contribution in [0.3, 0.4) is 0 Å². The van der Waals surface area contributed by atoms with Crippen LogP contribution in [0.1, 0.15) is 24.1 Å². The van der Waals surface area contributed by atoms with E-state index in [1.54, 1.807) is 37.5 Å². The van der Waals surface area contributed by atoms with Gasteiger partial charge in [-0.05, 0) is 42.3 Å². The fourth-order valence-corrected chi connectivity index (χ4v) is 3.68. The van der Waals surface area contributed by atoms with Crippen molar-refractivity contribution in [2.45, 2.75) is 24.4 Å². The molecule has 3 N–H and O–H groups in total. The van der Waals surface area contributed by atoms with Gasteiger partial charge in [-0.2, -0.15) is 0 Å². The van der Waals surface area contributed by atoms with Crippen molar-refractivity contribution >= 4 is 21.6 Å². The molecule has 0 fully saturated rings. The van der Waals surface area contributed by atoms with Crippen molar-refractivity contribution in [3.05, 3.63) is 58.9 Å². The molecule has 0 aliphatic rings. The third-order valence-electron chi connectivity index (χ3n) is 3.06. The average Bonchev–Trinajstić information content (AvgIpc) is 2.48. The number of sulfonamides is 1. The molecule has 1 aromatic carbocycles. The molecule has 0 saturated carbocycles. The standard InChI is InChI=1S/C14H16ClN3O2S/c1-10(12-4-6-17-7-5-12)18-21(19,20)14-8-11(9-16)2-3-13(14)15/h2-8,10,18H,9,16H2,1H3. The summed E-state index contributed by atoms with van der Waals surface area (Å²) in [4.78, 5) is 3.94. The first-order chi connectivity index (χ1) is 9.94. The summed E-state index contributed by atoms with van der Waals surface area (Å²) < 4.78 is 27.5. The molecule has 0 spiro atoms. The molecular formula is C14H16ClN3O2S. The lowest BCUT2D eigenvalue weighted by Gasteiger charge is -2.15. The third kappa shape index (κ3) is 3.79. The molecule has 0 saturated heterocycles. The smallest absolute Gasteiger partial charge is 0.242 e. The number of halogens is 1. The van der Waals surface area contributed by atoms with Crippen LogP contribution in [-0.2, 0) is 16.6 Å². The monoisotopic (exact) mass is 325 g/mol. The molecule has 1 unspecified atom stereocenters. The van der Waals surface area contributed by atoms with Gasteiger partial charge >= 0.3 is 0 Å². The highest BCUT2D eigenvalue weighted by molar-refractivity contribution is 7.89. The Hall–Kier alpha value is -1.47. The van der Waals surface area contributed by atoms with Gasteiger partial charge in [-0.1, -0.05) is 17.7 Å². The van der Waals surface area contributed by atoms with Crippen molar-refractivity contribution in [1.82, 2.24) is 9.71 Å². The first-order valence-electron chi connectivity index (χ1n) is 6.35. The predicted octanol–water partition coefficient (Wildman–Crippen LogP) is 2.23. The van der Waals surface area contributed by atoms with Crippen molar-refractivity contribution in [2.75, 3.05) is 0 Å². The van der Waals surface area contributed by atoms with Crippen LogP contribution in [0.25, 0.3) is 0 Å². The predicted molar refractivity (Wildman–Crippen MR) is 82.3 cm³/mol. The first kappa shape index (κ1) is 15.9. The average molecular weight is 326 g/mol. The van der Waals surface area contributed by atoms with Crippen LogP contribution in [0.4, 0.5) is 0 Å². The maximum Gasteiger partial charge on any atom is 0.242 e. The van der Waals surface area contributed by atoms with E-state index >= 15 is 0 Å². The summed E-state index contributed by atoms with van der Waals surface area (Å²) in [5.41, 5.74) is 7.06. The van der Waals surface area contributed by atoms with E-state index in [1.807, 2.05) is 0 Å². The number of aromatic nitrogens is 1. The van der Waals surface area contributed by atoms with Gasteiger partial charge in [-0.25, -0.2) is 13.1 Å². The van der Waals surface area contributed by atoms with Crippen LogP contribution >= 0.6 is 11.6 Å². The summed E-state index contributed by atoms with van der Waals surface area (Å²) in [5, 5.41) is 0.168. The second-order valence-corrected chi connectivity index (χ2v) is 6.68. The minimum absolute atomic E-state index is 0.0352. The molecule has 2 aromatic rings. The fraction of sp³-hybridized carbons (Fsp3) is 0.214. The van der Waals surface area contributed by atoms with Gasteiger partial charge in [0.05, 0.1) is 5.02 Å².